The summed E-state index contributed by atoms with van der Waals surface area (Å²) in [6, 6.07) is 0. The minimum absolute atomic E-state index is 0. The Kier molecular flexibility index (Phi) is 22.4. The minimum Gasteiger partial charge on any atom is -0.479 e. The van der Waals surface area contributed by atoms with Crippen molar-refractivity contribution in [2.24, 2.45) is 0 Å². The summed E-state index contributed by atoms with van der Waals surface area (Å²) in [4.78, 5) is 20.2. The molecular formula is C12H26MgO14Zn. The number of carbonyl (C=O) groups is 2. The van der Waals surface area contributed by atoms with Gasteiger partial charge < -0.3 is 61.3 Å². The molecule has 28 heavy (non-hydrogen) atoms. The zero-order chi connectivity index (χ0) is 21.2. The third kappa shape index (κ3) is 12.5. The van der Waals surface area contributed by atoms with Crippen molar-refractivity contribution in [2.45, 2.75) is 48.8 Å². The molecule has 8 unspecified atom stereocenters. The number of rotatable bonds is 10. The Bertz CT molecular complexity index is 391. The number of hydrogen-bond acceptors (Lipinski definition) is 12. The zero-order valence-electron chi connectivity index (χ0n) is 13.9. The average molecular weight is 484 g/mol. The van der Waals surface area contributed by atoms with E-state index >= 15 is 0 Å². The van der Waals surface area contributed by atoms with Gasteiger partial charge in [-0.25, -0.2) is 9.59 Å². The number of aliphatic carboxylic acids is 2. The smallest absolute Gasteiger partial charge is 0.335 e. The molecule has 0 aromatic heterocycles. The second-order valence-corrected chi connectivity index (χ2v) is 5.03. The Labute approximate surface area is 187 Å². The van der Waals surface area contributed by atoms with E-state index in [0.717, 1.165) is 0 Å². The van der Waals surface area contributed by atoms with E-state index in [1.807, 2.05) is 0 Å². The van der Waals surface area contributed by atoms with Gasteiger partial charge in [-0.2, -0.15) is 0 Å². The van der Waals surface area contributed by atoms with Gasteiger partial charge in [0.1, 0.15) is 36.6 Å². The van der Waals surface area contributed by atoms with Gasteiger partial charge >= 0.3 is 35.0 Å². The first kappa shape index (κ1) is 35.4. The van der Waals surface area contributed by atoms with E-state index in [1.54, 1.807) is 0 Å². The largest absolute Gasteiger partial charge is 0.479 e. The van der Waals surface area contributed by atoms with Crippen LogP contribution in [-0.2, 0) is 29.1 Å². The summed E-state index contributed by atoms with van der Waals surface area (Å²) in [5.41, 5.74) is 0. The van der Waals surface area contributed by atoms with E-state index in [0.29, 0.717) is 0 Å². The molecule has 0 rings (SSSR count). The van der Waals surface area contributed by atoms with Crippen LogP contribution < -0.4 is 0 Å². The van der Waals surface area contributed by atoms with Crippen LogP contribution in [0.2, 0.25) is 0 Å². The molecule has 0 aliphatic rings. The van der Waals surface area contributed by atoms with Crippen molar-refractivity contribution in [3.05, 3.63) is 0 Å². The molecule has 0 bridgehead atoms. The fourth-order valence-corrected chi connectivity index (χ4v) is 1.34. The van der Waals surface area contributed by atoms with Gasteiger partial charge in [0.05, 0.1) is 13.2 Å². The molecule has 0 aromatic carbocycles. The van der Waals surface area contributed by atoms with Crippen LogP contribution in [0.4, 0.5) is 0 Å². The molecule has 0 spiro atoms. The summed E-state index contributed by atoms with van der Waals surface area (Å²) in [5, 5.41) is 104. The molecule has 14 nitrogen and oxygen atoms in total. The number of aliphatic hydroxyl groups is 10. The molecule has 0 radical (unpaired) electrons. The van der Waals surface area contributed by atoms with E-state index in [-0.39, 0.29) is 42.5 Å². The first-order chi connectivity index (χ1) is 11.8. The fraction of sp³-hybridized carbons (Fsp3) is 0.833. The molecule has 8 atom stereocenters. The zero-order valence-corrected chi connectivity index (χ0v) is 16.9. The molecule has 0 fully saturated rings. The van der Waals surface area contributed by atoms with Crippen LogP contribution >= 0.6 is 0 Å². The van der Waals surface area contributed by atoms with Crippen molar-refractivity contribution in [3.8, 4) is 0 Å². The number of aliphatic hydroxyl groups excluding tert-OH is 10. The number of hydrogen-bond donors (Lipinski definition) is 12. The molecule has 0 aliphatic carbocycles. The summed E-state index contributed by atoms with van der Waals surface area (Å²) in [6.07, 6.45) is -15.7. The SMILES string of the molecule is O=C(O)C(O)C(O)C(O)C(O)CO.O=C(O)C(O)C(O)C(O)C(O)CO.[MgH2].[Zn]. The molecule has 162 valence electrons. The number of carboxylic acids is 2. The van der Waals surface area contributed by atoms with Gasteiger partial charge in [0.2, 0.25) is 0 Å². The summed E-state index contributed by atoms with van der Waals surface area (Å²) >= 11 is 0. The van der Waals surface area contributed by atoms with E-state index in [4.69, 9.17) is 61.3 Å². The molecule has 0 saturated heterocycles. The van der Waals surface area contributed by atoms with Crippen molar-refractivity contribution >= 4 is 35.0 Å². The summed E-state index contributed by atoms with van der Waals surface area (Å²) in [7, 11) is 0. The van der Waals surface area contributed by atoms with Crippen LogP contribution in [0, 0.1) is 0 Å². The molecule has 12 N–H and O–H groups in total. The molecule has 0 aliphatic heterocycles. The minimum atomic E-state index is -2.20. The Morgan fingerprint density at radius 2 is 0.786 bits per heavy atom. The van der Waals surface area contributed by atoms with E-state index in [9.17, 15) is 9.59 Å². The van der Waals surface area contributed by atoms with Gasteiger partial charge in [-0.05, 0) is 0 Å². The Morgan fingerprint density at radius 1 is 0.571 bits per heavy atom. The van der Waals surface area contributed by atoms with E-state index in [2.05, 4.69) is 0 Å². The van der Waals surface area contributed by atoms with Gasteiger partial charge in [0, 0.05) is 19.5 Å². The van der Waals surface area contributed by atoms with Gasteiger partial charge in [0.25, 0.3) is 0 Å². The maximum absolute atomic E-state index is 10.1. The molecule has 0 saturated carbocycles. The second kappa shape index (κ2) is 17.8. The van der Waals surface area contributed by atoms with Crippen molar-refractivity contribution < 1.29 is 90.3 Å². The van der Waals surface area contributed by atoms with Gasteiger partial charge in [-0.1, -0.05) is 0 Å². The predicted molar refractivity (Wildman–Crippen MR) is 86.0 cm³/mol. The molecular weight excluding hydrogens is 458 g/mol. The monoisotopic (exact) mass is 482 g/mol. The Balaban J connectivity index is -0.000000192. The summed E-state index contributed by atoms with van der Waals surface area (Å²) in [6.45, 7) is -1.69. The van der Waals surface area contributed by atoms with Crippen molar-refractivity contribution in [2.75, 3.05) is 13.2 Å². The third-order valence-electron chi connectivity index (χ3n) is 3.02. The Morgan fingerprint density at radius 3 is 0.929 bits per heavy atom. The summed E-state index contributed by atoms with van der Waals surface area (Å²) in [5.74, 6) is -3.45. The van der Waals surface area contributed by atoms with Crippen LogP contribution in [0.1, 0.15) is 0 Å². The molecule has 0 heterocycles. The maximum atomic E-state index is 10.1. The molecule has 16 heteroatoms. The first-order valence-corrected chi connectivity index (χ1v) is 6.95. The van der Waals surface area contributed by atoms with Crippen LogP contribution in [0.5, 0.6) is 0 Å². The van der Waals surface area contributed by atoms with Gasteiger partial charge in [0.15, 0.2) is 12.2 Å². The quantitative estimate of drug-likeness (QED) is 0.128. The second-order valence-electron chi connectivity index (χ2n) is 5.03. The fourth-order valence-electron chi connectivity index (χ4n) is 1.34. The van der Waals surface area contributed by atoms with E-state index in [1.165, 1.54) is 0 Å². The van der Waals surface area contributed by atoms with Crippen molar-refractivity contribution in [1.82, 2.24) is 0 Å². The van der Waals surface area contributed by atoms with Crippen LogP contribution in [0.15, 0.2) is 0 Å². The maximum Gasteiger partial charge on any atom is 0.335 e. The van der Waals surface area contributed by atoms with Crippen molar-refractivity contribution in [1.29, 1.82) is 0 Å². The normalized spacial score (nSPS) is 18.9. The standard InChI is InChI=1S/2C6H12O7.Mg.Zn.2H/c2*7-1-2(8)3(9)4(10)5(11)6(12)13;;;;/h2*2-5,7-11H,1H2,(H,12,13);;;;. The Hall–Kier alpha value is -0.0704. The topological polar surface area (TPSA) is 277 Å². The molecule has 0 amide bonds. The number of carboxylic acid groups (broad SMARTS) is 2. The average Bonchev–Trinajstić information content (AvgIpc) is 2.62. The van der Waals surface area contributed by atoms with E-state index < -0.39 is 74.0 Å². The van der Waals surface area contributed by atoms with Gasteiger partial charge in [-0.15, -0.1) is 0 Å². The van der Waals surface area contributed by atoms with Crippen LogP contribution in [0.3, 0.4) is 0 Å². The van der Waals surface area contributed by atoms with Crippen molar-refractivity contribution in [3.63, 3.8) is 0 Å². The third-order valence-corrected chi connectivity index (χ3v) is 3.02. The van der Waals surface area contributed by atoms with Crippen LogP contribution in [0.25, 0.3) is 0 Å². The van der Waals surface area contributed by atoms with Gasteiger partial charge in [-0.3, -0.25) is 0 Å². The van der Waals surface area contributed by atoms with Crippen LogP contribution in [-0.4, -0.2) is 158 Å². The summed E-state index contributed by atoms with van der Waals surface area (Å²) < 4.78 is 0. The predicted octanol–water partition coefficient (Wildman–Crippen LogP) is -7.90. The first-order valence-electron chi connectivity index (χ1n) is 6.95. The molecule has 0 aromatic rings.